The third kappa shape index (κ3) is 3.73. The maximum atomic E-state index is 3.59. The minimum atomic E-state index is 0.624. The van der Waals surface area contributed by atoms with Crippen molar-refractivity contribution >= 4 is 11.8 Å². The number of thioether (sulfide) groups is 1. The van der Waals surface area contributed by atoms with Crippen LogP contribution in [0.3, 0.4) is 0 Å². The van der Waals surface area contributed by atoms with E-state index in [0.29, 0.717) is 6.04 Å². The Balaban J connectivity index is 1.88. The highest BCUT2D eigenvalue weighted by molar-refractivity contribution is 7.99. The Morgan fingerprint density at radius 2 is 2.24 bits per heavy atom. The lowest BCUT2D eigenvalue weighted by molar-refractivity contribution is 0.250. The topological polar surface area (TPSA) is 15.3 Å². The maximum absolute atomic E-state index is 3.59. The van der Waals surface area contributed by atoms with Gasteiger partial charge in [0, 0.05) is 36.3 Å². The molecule has 1 aromatic rings. The zero-order valence-electron chi connectivity index (χ0n) is 11.0. The van der Waals surface area contributed by atoms with E-state index in [1.54, 1.807) is 0 Å². The normalized spacial score (nSPS) is 21.7. The molecular formula is C14H22N2S. The molecule has 1 aliphatic heterocycles. The molecule has 0 spiro atoms. The molecule has 1 saturated heterocycles. The van der Waals surface area contributed by atoms with Gasteiger partial charge in [-0.15, -0.1) is 11.8 Å². The summed E-state index contributed by atoms with van der Waals surface area (Å²) in [4.78, 5) is 3.83. The van der Waals surface area contributed by atoms with Crippen LogP contribution in [0.25, 0.3) is 0 Å². The van der Waals surface area contributed by atoms with E-state index in [1.165, 1.54) is 22.6 Å². The molecule has 1 aliphatic rings. The molecule has 0 bridgehead atoms. The van der Waals surface area contributed by atoms with E-state index in [2.05, 4.69) is 49.3 Å². The molecule has 94 valence electrons. The van der Waals surface area contributed by atoms with Crippen LogP contribution in [0, 0.1) is 13.8 Å². The van der Waals surface area contributed by atoms with E-state index in [0.717, 1.165) is 18.8 Å². The fourth-order valence-corrected chi connectivity index (χ4v) is 3.31. The van der Waals surface area contributed by atoms with Crippen LogP contribution in [0.4, 0.5) is 0 Å². The molecule has 0 radical (unpaired) electrons. The van der Waals surface area contributed by atoms with E-state index in [-0.39, 0.29) is 0 Å². The molecule has 17 heavy (non-hydrogen) atoms. The standard InChI is InChI=1S/C14H22N2S/c1-11-4-5-14(12(2)8-11)17-10-13-9-16(3)7-6-15-13/h4-5,8,13,15H,6-7,9-10H2,1-3H3. The molecule has 3 heteroatoms. The molecule has 2 rings (SSSR count). The van der Waals surface area contributed by atoms with Crippen molar-refractivity contribution in [2.75, 3.05) is 32.4 Å². The number of benzene rings is 1. The van der Waals surface area contributed by atoms with E-state index in [1.807, 2.05) is 11.8 Å². The Morgan fingerprint density at radius 3 is 2.94 bits per heavy atom. The Labute approximate surface area is 109 Å². The minimum Gasteiger partial charge on any atom is -0.311 e. The number of likely N-dealkylation sites (N-methyl/N-ethyl adjacent to an activating group) is 1. The second kappa shape index (κ2) is 5.89. The van der Waals surface area contributed by atoms with Crippen molar-refractivity contribution in [1.82, 2.24) is 10.2 Å². The van der Waals surface area contributed by atoms with Crippen molar-refractivity contribution in [3.63, 3.8) is 0 Å². The third-order valence-electron chi connectivity index (χ3n) is 3.23. The van der Waals surface area contributed by atoms with Crippen LogP contribution >= 0.6 is 11.8 Å². The van der Waals surface area contributed by atoms with Crippen molar-refractivity contribution in [3.05, 3.63) is 29.3 Å². The fourth-order valence-electron chi connectivity index (χ4n) is 2.25. The second-order valence-electron chi connectivity index (χ2n) is 4.99. The lowest BCUT2D eigenvalue weighted by Crippen LogP contribution is -2.50. The highest BCUT2D eigenvalue weighted by Crippen LogP contribution is 2.24. The first-order valence-electron chi connectivity index (χ1n) is 6.27. The number of nitrogens with zero attached hydrogens (tertiary/aromatic N) is 1. The minimum absolute atomic E-state index is 0.624. The molecule has 0 amide bonds. The molecule has 0 saturated carbocycles. The van der Waals surface area contributed by atoms with E-state index >= 15 is 0 Å². The first-order valence-corrected chi connectivity index (χ1v) is 7.25. The van der Waals surface area contributed by atoms with Gasteiger partial charge in [0.15, 0.2) is 0 Å². The number of nitrogens with one attached hydrogen (secondary N) is 1. The molecule has 0 aromatic heterocycles. The van der Waals surface area contributed by atoms with Gasteiger partial charge in [-0.25, -0.2) is 0 Å². The average molecular weight is 250 g/mol. The lowest BCUT2D eigenvalue weighted by Gasteiger charge is -2.30. The predicted molar refractivity (Wildman–Crippen MR) is 75.9 cm³/mol. The molecule has 1 aromatic carbocycles. The summed E-state index contributed by atoms with van der Waals surface area (Å²) >= 11 is 1.98. The van der Waals surface area contributed by atoms with Gasteiger partial charge in [-0.3, -0.25) is 0 Å². The highest BCUT2D eigenvalue weighted by atomic mass is 32.2. The first-order chi connectivity index (χ1) is 8.15. The summed E-state index contributed by atoms with van der Waals surface area (Å²) in [6.07, 6.45) is 0. The summed E-state index contributed by atoms with van der Waals surface area (Å²) in [5, 5.41) is 3.59. The molecular weight excluding hydrogens is 228 g/mol. The van der Waals surface area contributed by atoms with Crippen LogP contribution in [0.5, 0.6) is 0 Å². The van der Waals surface area contributed by atoms with E-state index < -0.39 is 0 Å². The zero-order chi connectivity index (χ0) is 12.3. The summed E-state index contributed by atoms with van der Waals surface area (Å²) in [6, 6.07) is 7.35. The van der Waals surface area contributed by atoms with Gasteiger partial charge in [0.05, 0.1) is 0 Å². The van der Waals surface area contributed by atoms with Crippen LogP contribution in [-0.2, 0) is 0 Å². The van der Waals surface area contributed by atoms with Crippen molar-refractivity contribution in [2.24, 2.45) is 0 Å². The molecule has 1 heterocycles. The van der Waals surface area contributed by atoms with Crippen molar-refractivity contribution in [2.45, 2.75) is 24.8 Å². The summed E-state index contributed by atoms with van der Waals surface area (Å²) in [6.45, 7) is 7.81. The average Bonchev–Trinajstić information content (AvgIpc) is 2.28. The van der Waals surface area contributed by atoms with Gasteiger partial charge in [0.2, 0.25) is 0 Å². The summed E-state index contributed by atoms with van der Waals surface area (Å²) in [5.41, 5.74) is 2.75. The largest absolute Gasteiger partial charge is 0.311 e. The molecule has 2 nitrogen and oxygen atoms in total. The van der Waals surface area contributed by atoms with Gasteiger partial charge < -0.3 is 10.2 Å². The SMILES string of the molecule is Cc1ccc(SCC2CN(C)CCN2)c(C)c1. The van der Waals surface area contributed by atoms with Crippen molar-refractivity contribution in [1.29, 1.82) is 0 Å². The molecule has 0 aliphatic carbocycles. The molecule has 1 unspecified atom stereocenters. The van der Waals surface area contributed by atoms with Crippen LogP contribution in [0.15, 0.2) is 23.1 Å². The van der Waals surface area contributed by atoms with Crippen LogP contribution in [0.1, 0.15) is 11.1 Å². The van der Waals surface area contributed by atoms with Gasteiger partial charge in [0.25, 0.3) is 0 Å². The van der Waals surface area contributed by atoms with Crippen LogP contribution in [0.2, 0.25) is 0 Å². The number of hydrogen-bond donors (Lipinski definition) is 1. The maximum Gasteiger partial charge on any atom is 0.0289 e. The summed E-state index contributed by atoms with van der Waals surface area (Å²) in [7, 11) is 2.20. The monoisotopic (exact) mass is 250 g/mol. The Kier molecular flexibility index (Phi) is 4.48. The quantitative estimate of drug-likeness (QED) is 0.829. The van der Waals surface area contributed by atoms with Crippen molar-refractivity contribution in [3.8, 4) is 0 Å². The zero-order valence-corrected chi connectivity index (χ0v) is 11.8. The third-order valence-corrected chi connectivity index (χ3v) is 4.57. The number of hydrogen-bond acceptors (Lipinski definition) is 3. The van der Waals surface area contributed by atoms with E-state index in [4.69, 9.17) is 0 Å². The Hall–Kier alpha value is -0.510. The smallest absolute Gasteiger partial charge is 0.0289 e. The predicted octanol–water partition coefficient (Wildman–Crippen LogP) is 2.30. The van der Waals surface area contributed by atoms with E-state index in [9.17, 15) is 0 Å². The lowest BCUT2D eigenvalue weighted by atomic mass is 10.2. The Morgan fingerprint density at radius 1 is 1.41 bits per heavy atom. The molecule has 1 atom stereocenters. The first kappa shape index (κ1) is 12.9. The summed E-state index contributed by atoms with van der Waals surface area (Å²) in [5.74, 6) is 1.16. The highest BCUT2D eigenvalue weighted by Gasteiger charge is 2.16. The van der Waals surface area contributed by atoms with Gasteiger partial charge in [-0.1, -0.05) is 17.7 Å². The number of piperazine rings is 1. The second-order valence-corrected chi connectivity index (χ2v) is 6.06. The van der Waals surface area contributed by atoms with Gasteiger partial charge >= 0.3 is 0 Å². The van der Waals surface area contributed by atoms with Gasteiger partial charge in [-0.05, 0) is 32.5 Å². The van der Waals surface area contributed by atoms with Crippen LogP contribution < -0.4 is 5.32 Å². The fraction of sp³-hybridized carbons (Fsp3) is 0.571. The van der Waals surface area contributed by atoms with Crippen LogP contribution in [-0.4, -0.2) is 43.4 Å². The Bertz CT molecular complexity index is 378. The number of rotatable bonds is 3. The molecule has 1 N–H and O–H groups in total. The van der Waals surface area contributed by atoms with Gasteiger partial charge in [0.1, 0.15) is 0 Å². The molecule has 1 fully saturated rings. The summed E-state index contributed by atoms with van der Waals surface area (Å²) < 4.78 is 0. The van der Waals surface area contributed by atoms with Crippen molar-refractivity contribution < 1.29 is 0 Å². The number of aryl methyl sites for hydroxylation is 2. The van der Waals surface area contributed by atoms with Gasteiger partial charge in [-0.2, -0.15) is 0 Å².